The Kier molecular flexibility index (Phi) is 13.2. The van der Waals surface area contributed by atoms with Crippen molar-refractivity contribution in [1.82, 2.24) is 0 Å². The van der Waals surface area contributed by atoms with E-state index in [0.29, 0.717) is 0 Å². The largest absolute Gasteiger partial charge is 0.508 e. The summed E-state index contributed by atoms with van der Waals surface area (Å²) in [6, 6.07) is 10.6. The van der Waals surface area contributed by atoms with E-state index in [1.807, 2.05) is 0 Å². The highest BCUT2D eigenvalue weighted by Gasteiger charge is 2.19. The van der Waals surface area contributed by atoms with E-state index in [2.05, 4.69) is 12.2 Å². The molecule has 0 aliphatic carbocycles. The predicted molar refractivity (Wildman–Crippen MR) is 147 cm³/mol. The molecule has 0 saturated heterocycles. The first-order chi connectivity index (χ1) is 17.6. The summed E-state index contributed by atoms with van der Waals surface area (Å²) < 4.78 is 61.5. The van der Waals surface area contributed by atoms with E-state index in [4.69, 9.17) is 8.74 Å². The maximum Gasteiger partial charge on any atom is 0.339 e. The molecule has 0 aliphatic rings. The minimum atomic E-state index is -4.12. The monoisotopic (exact) mass is 555 g/mol. The first-order valence-corrected chi connectivity index (χ1v) is 16.2. The zero-order chi connectivity index (χ0) is 27.2. The van der Waals surface area contributed by atoms with Gasteiger partial charge >= 0.3 is 10.1 Å². The van der Waals surface area contributed by atoms with E-state index in [1.165, 1.54) is 88.1 Å². The Bertz CT molecular complexity index is 1150. The molecule has 2 rings (SSSR count). The van der Waals surface area contributed by atoms with Gasteiger partial charge in [-0.15, -0.1) is 0 Å². The number of rotatable bonds is 19. The van der Waals surface area contributed by atoms with Gasteiger partial charge in [0.2, 0.25) is 0 Å². The third kappa shape index (κ3) is 12.7. The maximum atomic E-state index is 12.8. The number of phenolic OH excluding ortho intramolecular Hbond substituents is 1. The zero-order valence-corrected chi connectivity index (χ0v) is 23.3. The van der Waals surface area contributed by atoms with E-state index in [9.17, 15) is 21.9 Å². The summed E-state index contributed by atoms with van der Waals surface area (Å²) >= 11 is 0. The molecule has 3 N–H and O–H groups in total. The average Bonchev–Trinajstić information content (AvgIpc) is 2.84. The number of aromatic hydroxyl groups is 1. The molecule has 0 atom stereocenters. The lowest BCUT2D eigenvalue weighted by molar-refractivity contribution is 0.469. The number of anilines is 1. The molecule has 37 heavy (non-hydrogen) atoms. The summed E-state index contributed by atoms with van der Waals surface area (Å²) in [7, 11) is -8.22. The first kappa shape index (κ1) is 30.9. The molecule has 0 heterocycles. The predicted octanol–water partition coefficient (Wildman–Crippen LogP) is 6.31. The van der Waals surface area contributed by atoms with Crippen molar-refractivity contribution < 1.29 is 30.7 Å². The average molecular weight is 556 g/mol. The number of hydrogen-bond donors (Lipinski definition) is 3. The summed E-state index contributed by atoms with van der Waals surface area (Å²) in [6.07, 6.45) is 13.7. The lowest BCUT2D eigenvalue weighted by atomic mass is 10.0. The molecule has 0 radical (unpaired) electrons. The van der Waals surface area contributed by atoms with Crippen molar-refractivity contribution in [2.24, 2.45) is 0 Å². The molecule has 0 unspecified atom stereocenters. The standard InChI is InChI=1S/C27H41NO7S2/c1-2-3-4-5-6-7-8-9-10-11-13-23-14-17-25(18-15-23)37(33,34)35-27-19-16-24(29)22-26(27)28-20-12-21-36(30,31)32/h14-19,22,28-29H,2-13,20-21H2,1H3,(H,30,31,32). The molecule has 0 aromatic heterocycles. The van der Waals surface area contributed by atoms with E-state index >= 15 is 0 Å². The van der Waals surface area contributed by atoms with Crippen molar-refractivity contribution in [2.45, 2.75) is 88.9 Å². The van der Waals surface area contributed by atoms with Gasteiger partial charge in [0.25, 0.3) is 10.1 Å². The summed E-state index contributed by atoms with van der Waals surface area (Å²) in [5.41, 5.74) is 1.26. The van der Waals surface area contributed by atoms with Crippen molar-refractivity contribution in [3.05, 3.63) is 48.0 Å². The van der Waals surface area contributed by atoms with Crippen LogP contribution < -0.4 is 9.50 Å². The van der Waals surface area contributed by atoms with Gasteiger partial charge in [-0.05, 0) is 49.1 Å². The van der Waals surface area contributed by atoms with Gasteiger partial charge in [0.15, 0.2) is 5.75 Å². The zero-order valence-electron chi connectivity index (χ0n) is 21.7. The number of nitrogens with one attached hydrogen (secondary N) is 1. The van der Waals surface area contributed by atoms with Crippen molar-refractivity contribution in [2.75, 3.05) is 17.6 Å². The van der Waals surface area contributed by atoms with Gasteiger partial charge in [0, 0.05) is 12.6 Å². The van der Waals surface area contributed by atoms with Crippen LogP contribution in [0.25, 0.3) is 0 Å². The molecule has 2 aromatic carbocycles. The van der Waals surface area contributed by atoms with Gasteiger partial charge in [0.1, 0.15) is 10.6 Å². The molecule has 8 nitrogen and oxygen atoms in total. The summed E-state index contributed by atoms with van der Waals surface area (Å²) in [5.74, 6) is -0.587. The quantitative estimate of drug-likeness (QED) is 0.104. The summed E-state index contributed by atoms with van der Waals surface area (Å²) in [6.45, 7) is 2.35. The lowest BCUT2D eigenvalue weighted by Crippen LogP contribution is -2.13. The summed E-state index contributed by atoms with van der Waals surface area (Å²) in [5, 5.41) is 12.6. The second-order valence-corrected chi connectivity index (χ2v) is 12.5. The Morgan fingerprint density at radius 3 is 1.97 bits per heavy atom. The molecular weight excluding hydrogens is 514 g/mol. The van der Waals surface area contributed by atoms with Crippen LogP contribution in [0.3, 0.4) is 0 Å². The smallest absolute Gasteiger partial charge is 0.339 e. The molecule has 0 amide bonds. The normalized spacial score (nSPS) is 11.9. The van der Waals surface area contributed by atoms with Gasteiger partial charge in [-0.2, -0.15) is 16.8 Å². The van der Waals surface area contributed by atoms with E-state index in [1.54, 1.807) is 12.1 Å². The highest BCUT2D eigenvalue weighted by atomic mass is 32.2. The van der Waals surface area contributed by atoms with Gasteiger partial charge in [0.05, 0.1) is 11.4 Å². The SMILES string of the molecule is CCCCCCCCCCCCc1ccc(S(=O)(=O)Oc2ccc(O)cc2NCCCS(=O)(=O)O)cc1. The fourth-order valence-electron chi connectivity index (χ4n) is 4.01. The number of benzene rings is 2. The van der Waals surface area contributed by atoms with Crippen LogP contribution in [0, 0.1) is 0 Å². The van der Waals surface area contributed by atoms with Gasteiger partial charge in [-0.25, -0.2) is 0 Å². The van der Waals surface area contributed by atoms with Crippen LogP contribution in [0.1, 0.15) is 83.1 Å². The molecular formula is C27H41NO7S2. The molecule has 10 heteroatoms. The molecule has 0 fully saturated rings. The third-order valence-corrected chi connectivity index (χ3v) is 8.14. The Morgan fingerprint density at radius 2 is 1.38 bits per heavy atom. The highest BCUT2D eigenvalue weighted by molar-refractivity contribution is 7.87. The van der Waals surface area contributed by atoms with Crippen LogP contribution >= 0.6 is 0 Å². The first-order valence-electron chi connectivity index (χ1n) is 13.2. The number of aryl methyl sites for hydroxylation is 1. The van der Waals surface area contributed by atoms with Gasteiger partial charge in [-0.1, -0.05) is 76.8 Å². The summed E-state index contributed by atoms with van der Waals surface area (Å²) in [4.78, 5) is 0.0183. The number of hydrogen-bond acceptors (Lipinski definition) is 7. The topological polar surface area (TPSA) is 130 Å². The van der Waals surface area contributed by atoms with Gasteiger partial charge < -0.3 is 14.6 Å². The third-order valence-electron chi connectivity index (χ3n) is 6.09. The second-order valence-electron chi connectivity index (χ2n) is 9.36. The highest BCUT2D eigenvalue weighted by Crippen LogP contribution is 2.31. The number of unbranched alkanes of at least 4 members (excludes halogenated alkanes) is 9. The Morgan fingerprint density at radius 1 is 0.784 bits per heavy atom. The van der Waals surface area contributed by atoms with E-state index < -0.39 is 26.0 Å². The molecule has 0 spiro atoms. The lowest BCUT2D eigenvalue weighted by Gasteiger charge is -2.14. The van der Waals surface area contributed by atoms with Crippen LogP contribution in [-0.4, -0.2) is 38.8 Å². The van der Waals surface area contributed by atoms with Crippen LogP contribution in [0.15, 0.2) is 47.4 Å². The van der Waals surface area contributed by atoms with Crippen molar-refractivity contribution in [3.63, 3.8) is 0 Å². The van der Waals surface area contributed by atoms with Crippen LogP contribution in [0.4, 0.5) is 5.69 Å². The maximum absolute atomic E-state index is 12.8. The molecule has 208 valence electrons. The Labute approximate surface area is 222 Å². The fourth-order valence-corrected chi connectivity index (χ4v) is 5.47. The Balaban J connectivity index is 1.83. The van der Waals surface area contributed by atoms with Crippen LogP contribution in [-0.2, 0) is 26.7 Å². The minimum Gasteiger partial charge on any atom is -0.508 e. The Hall–Kier alpha value is -2.30. The van der Waals surface area contributed by atoms with E-state index in [-0.39, 0.29) is 35.0 Å². The molecule has 0 aliphatic heterocycles. The molecule has 0 saturated carbocycles. The number of phenols is 1. The van der Waals surface area contributed by atoms with Crippen LogP contribution in [0.2, 0.25) is 0 Å². The van der Waals surface area contributed by atoms with Gasteiger partial charge in [-0.3, -0.25) is 4.55 Å². The fraction of sp³-hybridized carbons (Fsp3) is 0.556. The second kappa shape index (κ2) is 15.8. The van der Waals surface area contributed by atoms with Crippen molar-refractivity contribution >= 4 is 25.9 Å². The molecule has 2 aromatic rings. The van der Waals surface area contributed by atoms with Crippen molar-refractivity contribution in [1.29, 1.82) is 0 Å². The molecule has 0 bridgehead atoms. The van der Waals surface area contributed by atoms with Crippen molar-refractivity contribution in [3.8, 4) is 11.5 Å². The van der Waals surface area contributed by atoms with E-state index in [0.717, 1.165) is 18.4 Å². The van der Waals surface area contributed by atoms with Crippen LogP contribution in [0.5, 0.6) is 11.5 Å². The minimum absolute atomic E-state index is 0.0183.